The van der Waals surface area contributed by atoms with Crippen molar-refractivity contribution in [2.75, 3.05) is 12.4 Å². The van der Waals surface area contributed by atoms with Crippen LogP contribution < -0.4 is 10.0 Å². The highest BCUT2D eigenvalue weighted by molar-refractivity contribution is 9.10. The van der Waals surface area contributed by atoms with Crippen molar-refractivity contribution in [2.45, 2.75) is 0 Å². The maximum Gasteiger partial charge on any atom is 0.318 e. The van der Waals surface area contributed by atoms with Crippen molar-refractivity contribution >= 4 is 27.3 Å². The van der Waals surface area contributed by atoms with E-state index in [2.05, 4.69) is 21.2 Å². The topological polar surface area (TPSA) is 82.1 Å². The fourth-order valence-electron chi connectivity index (χ4n) is 0.896. The van der Waals surface area contributed by atoms with Gasteiger partial charge in [0.1, 0.15) is 0 Å². The lowest BCUT2D eigenvalue weighted by Crippen LogP contribution is -2.25. The summed E-state index contributed by atoms with van der Waals surface area (Å²) in [6.45, 7) is 0. The van der Waals surface area contributed by atoms with Gasteiger partial charge in [0.2, 0.25) is 12.4 Å². The van der Waals surface area contributed by atoms with Crippen LogP contribution in [0, 0.1) is 15.3 Å². The number of aromatic nitrogens is 1. The number of nitro groups is 1. The summed E-state index contributed by atoms with van der Waals surface area (Å²) in [6.07, 6.45) is 2.18. The minimum Gasteiger partial charge on any atom is -0.619 e. The monoisotopic (exact) mass is 247 g/mol. The van der Waals surface area contributed by atoms with Crippen molar-refractivity contribution in [3.63, 3.8) is 0 Å². The molecule has 6 nitrogen and oxygen atoms in total. The number of hydrogen-bond donors (Lipinski definition) is 1. The smallest absolute Gasteiger partial charge is 0.318 e. The van der Waals surface area contributed by atoms with Crippen LogP contribution in [0.1, 0.15) is 0 Å². The first-order chi connectivity index (χ1) is 6.06. The number of nitrogens with zero attached hydrogens (tertiary/aromatic N) is 2. The summed E-state index contributed by atoms with van der Waals surface area (Å²) in [6, 6.07) is 0. The zero-order chi connectivity index (χ0) is 10.0. The second-order valence-electron chi connectivity index (χ2n) is 2.24. The molecule has 0 fully saturated rings. The Labute approximate surface area is 82.0 Å². The lowest BCUT2D eigenvalue weighted by Gasteiger charge is -2.03. The predicted molar refractivity (Wildman–Crippen MR) is 49.3 cm³/mol. The Morgan fingerprint density at radius 3 is 2.69 bits per heavy atom. The van der Waals surface area contributed by atoms with Gasteiger partial charge in [-0.1, -0.05) is 0 Å². The van der Waals surface area contributed by atoms with Crippen molar-refractivity contribution in [2.24, 2.45) is 0 Å². The van der Waals surface area contributed by atoms with Crippen LogP contribution in [-0.2, 0) is 0 Å². The molecule has 1 rings (SSSR count). The first-order valence-corrected chi connectivity index (χ1v) is 4.10. The number of anilines is 1. The Bertz CT molecular complexity index is 355. The Balaban J connectivity index is 3.38. The van der Waals surface area contributed by atoms with E-state index in [1.165, 1.54) is 7.05 Å². The molecule has 7 heteroatoms. The van der Waals surface area contributed by atoms with Crippen LogP contribution in [0.4, 0.5) is 11.4 Å². The second kappa shape index (κ2) is 3.56. The first-order valence-electron chi connectivity index (χ1n) is 3.30. The summed E-state index contributed by atoms with van der Waals surface area (Å²) < 4.78 is 0.641. The van der Waals surface area contributed by atoms with Gasteiger partial charge in [-0.25, -0.2) is 0 Å². The van der Waals surface area contributed by atoms with Gasteiger partial charge in [-0.15, -0.1) is 0 Å². The van der Waals surface area contributed by atoms with Gasteiger partial charge in [0.15, 0.2) is 10.2 Å². The minimum atomic E-state index is -0.560. The van der Waals surface area contributed by atoms with Gasteiger partial charge in [-0.3, -0.25) is 10.1 Å². The summed E-state index contributed by atoms with van der Waals surface area (Å²) in [4.78, 5) is 9.98. The molecule has 0 atom stereocenters. The van der Waals surface area contributed by atoms with E-state index in [0.29, 0.717) is 4.73 Å². The Morgan fingerprint density at radius 1 is 1.62 bits per heavy atom. The highest BCUT2D eigenvalue weighted by Crippen LogP contribution is 2.30. The van der Waals surface area contributed by atoms with E-state index >= 15 is 0 Å². The van der Waals surface area contributed by atoms with Crippen LogP contribution in [0.15, 0.2) is 16.9 Å². The predicted octanol–water partition coefficient (Wildman–Crippen LogP) is 1.03. The van der Waals surface area contributed by atoms with Gasteiger partial charge in [0.05, 0.1) is 4.92 Å². The van der Waals surface area contributed by atoms with Gasteiger partial charge in [0.25, 0.3) is 0 Å². The Hall–Kier alpha value is -1.37. The molecular formula is C6H6BrN3O3. The van der Waals surface area contributed by atoms with Crippen LogP contribution in [-0.4, -0.2) is 12.0 Å². The van der Waals surface area contributed by atoms with E-state index < -0.39 is 4.92 Å². The quantitative estimate of drug-likeness (QED) is 0.366. The second-order valence-corrected chi connectivity index (χ2v) is 3.09. The van der Waals surface area contributed by atoms with Crippen LogP contribution in [0.25, 0.3) is 0 Å². The van der Waals surface area contributed by atoms with Crippen molar-refractivity contribution in [3.05, 3.63) is 32.2 Å². The van der Waals surface area contributed by atoms with Crippen LogP contribution in [0.3, 0.4) is 0 Å². The van der Waals surface area contributed by atoms with Crippen molar-refractivity contribution < 1.29 is 9.65 Å². The molecule has 0 bridgehead atoms. The van der Waals surface area contributed by atoms with Gasteiger partial charge in [-0.05, 0) is 15.9 Å². The summed E-state index contributed by atoms with van der Waals surface area (Å²) in [5.41, 5.74) is 0.0315. The van der Waals surface area contributed by atoms with Crippen molar-refractivity contribution in [1.29, 1.82) is 0 Å². The minimum absolute atomic E-state index is 0.144. The third-order valence-electron chi connectivity index (χ3n) is 1.43. The molecule has 0 aromatic carbocycles. The van der Waals surface area contributed by atoms with Crippen LogP contribution in [0.2, 0.25) is 0 Å². The van der Waals surface area contributed by atoms with E-state index in [1.54, 1.807) is 0 Å². The van der Waals surface area contributed by atoms with E-state index in [9.17, 15) is 15.3 Å². The third kappa shape index (κ3) is 1.86. The molecule has 0 aliphatic heterocycles. The van der Waals surface area contributed by atoms with E-state index in [1.807, 2.05) is 0 Å². The molecule has 70 valence electrons. The molecule has 1 N–H and O–H groups in total. The summed E-state index contributed by atoms with van der Waals surface area (Å²) >= 11 is 2.94. The SMILES string of the molecule is CNc1c[n+]([O-])cc(Br)c1[N+](=O)[O-]. The molecule has 0 saturated heterocycles. The maximum absolute atomic E-state index is 10.9. The zero-order valence-corrected chi connectivity index (χ0v) is 8.24. The molecule has 1 aromatic heterocycles. The third-order valence-corrected chi connectivity index (χ3v) is 2.01. The number of rotatable bonds is 2. The van der Waals surface area contributed by atoms with Crippen molar-refractivity contribution in [1.82, 2.24) is 0 Å². The normalized spacial score (nSPS) is 9.69. The highest BCUT2D eigenvalue weighted by Gasteiger charge is 2.21. The largest absolute Gasteiger partial charge is 0.619 e. The summed E-state index contributed by atoms with van der Waals surface area (Å²) in [5.74, 6) is 0. The standard InChI is InChI=1S/C6H6BrN3O3/c1-8-5-3-9(11)2-4(7)6(5)10(12)13/h2-3,8H,1H3. The van der Waals surface area contributed by atoms with E-state index in [4.69, 9.17) is 0 Å². The molecule has 1 aromatic rings. The molecule has 13 heavy (non-hydrogen) atoms. The van der Waals surface area contributed by atoms with Gasteiger partial charge < -0.3 is 10.5 Å². The Kier molecular flexibility index (Phi) is 2.66. The van der Waals surface area contributed by atoms with Crippen LogP contribution >= 0.6 is 15.9 Å². The number of nitrogens with one attached hydrogen (secondary N) is 1. The zero-order valence-electron chi connectivity index (χ0n) is 6.65. The summed E-state index contributed by atoms with van der Waals surface area (Å²) in [5, 5.41) is 24.0. The molecule has 0 radical (unpaired) electrons. The fourth-order valence-corrected chi connectivity index (χ4v) is 1.46. The molecule has 0 aliphatic carbocycles. The van der Waals surface area contributed by atoms with Gasteiger partial charge in [0, 0.05) is 7.05 Å². The molecule has 0 amide bonds. The number of halogens is 1. The highest BCUT2D eigenvalue weighted by atomic mass is 79.9. The molecule has 0 spiro atoms. The lowest BCUT2D eigenvalue weighted by atomic mass is 10.3. The lowest BCUT2D eigenvalue weighted by molar-refractivity contribution is -0.606. The molecule has 1 heterocycles. The van der Waals surface area contributed by atoms with Gasteiger partial charge >= 0.3 is 5.69 Å². The Morgan fingerprint density at radius 2 is 2.23 bits per heavy atom. The maximum atomic E-state index is 10.9. The average Bonchev–Trinajstić information content (AvgIpc) is 2.01. The molecular weight excluding hydrogens is 242 g/mol. The molecule has 0 aliphatic rings. The summed E-state index contributed by atoms with van der Waals surface area (Å²) in [7, 11) is 1.51. The number of hydrogen-bond acceptors (Lipinski definition) is 4. The first kappa shape index (κ1) is 9.72. The molecule has 0 unspecified atom stereocenters. The van der Waals surface area contributed by atoms with Gasteiger partial charge in [-0.2, -0.15) is 4.73 Å². The van der Waals surface area contributed by atoms with Crippen molar-refractivity contribution in [3.8, 4) is 0 Å². The van der Waals surface area contributed by atoms with Crippen LogP contribution in [0.5, 0.6) is 0 Å². The average molecular weight is 248 g/mol. The fraction of sp³-hybridized carbons (Fsp3) is 0.167. The van der Waals surface area contributed by atoms with E-state index in [-0.39, 0.29) is 15.8 Å². The van der Waals surface area contributed by atoms with E-state index in [0.717, 1.165) is 12.4 Å². The number of pyridine rings is 1. The molecule has 0 saturated carbocycles.